The molecule has 0 unspecified atom stereocenters. The summed E-state index contributed by atoms with van der Waals surface area (Å²) in [5.74, 6) is 1.92. The summed E-state index contributed by atoms with van der Waals surface area (Å²) in [7, 11) is 0. The summed E-state index contributed by atoms with van der Waals surface area (Å²) in [6, 6.07) is 85.6. The van der Waals surface area contributed by atoms with Crippen LogP contribution in [0.1, 0.15) is 22.3 Å². The highest BCUT2D eigenvalue weighted by Gasteiger charge is 2.47. The summed E-state index contributed by atoms with van der Waals surface area (Å²) in [6.45, 7) is 0. The molecular weight excluding hydrogens is 875 g/mol. The van der Waals surface area contributed by atoms with E-state index in [9.17, 15) is 0 Å². The number of hydrogen-bond donors (Lipinski definition) is 0. The van der Waals surface area contributed by atoms with Crippen LogP contribution in [0.4, 0.5) is 0 Å². The number of fused-ring (bicyclic) bond motifs is 9. The maximum atomic E-state index is 5.50. The third-order valence-corrected chi connectivity index (χ3v) is 16.5. The van der Waals surface area contributed by atoms with Crippen LogP contribution in [-0.4, -0.2) is 15.0 Å². The first-order valence-electron chi connectivity index (χ1n) is 23.3. The smallest absolute Gasteiger partial charge is 0.165 e. The van der Waals surface area contributed by atoms with Crippen LogP contribution < -0.4 is 0 Å². The zero-order valence-corrected chi connectivity index (χ0v) is 38.8. The van der Waals surface area contributed by atoms with Crippen molar-refractivity contribution in [3.8, 4) is 67.5 Å². The first kappa shape index (κ1) is 39.8. The van der Waals surface area contributed by atoms with Crippen LogP contribution >= 0.6 is 22.7 Å². The zero-order chi connectivity index (χ0) is 45.5. The first-order valence-corrected chi connectivity index (χ1v) is 25.0. The molecule has 3 heterocycles. The minimum Gasteiger partial charge on any atom is -0.208 e. The summed E-state index contributed by atoms with van der Waals surface area (Å²) in [4.78, 5) is 16.4. The van der Waals surface area contributed by atoms with Crippen LogP contribution in [0.15, 0.2) is 237 Å². The van der Waals surface area contributed by atoms with E-state index in [2.05, 4.69) is 237 Å². The molecule has 322 valence electrons. The fourth-order valence-electron chi connectivity index (χ4n) is 11.0. The number of rotatable bonds is 7. The minimum atomic E-state index is -0.555. The van der Waals surface area contributed by atoms with Crippen molar-refractivity contribution in [2.24, 2.45) is 0 Å². The van der Waals surface area contributed by atoms with Crippen LogP contribution in [0.3, 0.4) is 0 Å². The Labute approximate surface area is 407 Å². The standard InChI is InChI=1S/C64H39N3S2/c1-3-19-44(20-4-1)64(45-21-5-2-6-22-45)54-31-10-7-25-51(54)58-52(29-16-32-55(58)64)62-65-61(66-63(67-62)53-30-15-28-50-48-24-9-12-34-57(48)69-60(50)53)43-18-13-17-42(39-43)40-35-37-41(38-36-40)46-26-14-27-49-47-23-8-11-33-56(47)68-59(46)49/h1-39H. The molecule has 1 aliphatic rings. The SMILES string of the molecule is c1ccc(C2(c3ccccc3)c3ccccc3-c3c(-c4nc(-c5cccc(-c6ccc(-c7cccc8c7sc7ccccc78)cc6)c5)nc(-c5cccc6c5sc5ccccc56)n4)cccc32)cc1. The molecule has 0 N–H and O–H groups in total. The van der Waals surface area contributed by atoms with Gasteiger partial charge in [0.05, 0.1) is 5.41 Å². The van der Waals surface area contributed by atoms with Crippen molar-refractivity contribution in [1.82, 2.24) is 15.0 Å². The number of thiophene rings is 2. The maximum absolute atomic E-state index is 5.50. The Morgan fingerprint density at radius 1 is 0.290 bits per heavy atom. The Kier molecular flexibility index (Phi) is 9.16. The molecule has 69 heavy (non-hydrogen) atoms. The second-order valence-electron chi connectivity index (χ2n) is 17.8. The third-order valence-electron chi connectivity index (χ3n) is 14.1. The zero-order valence-electron chi connectivity index (χ0n) is 37.2. The average Bonchev–Trinajstić information content (AvgIpc) is 4.10. The highest BCUT2D eigenvalue weighted by molar-refractivity contribution is 7.26. The van der Waals surface area contributed by atoms with Crippen molar-refractivity contribution < 1.29 is 0 Å². The van der Waals surface area contributed by atoms with E-state index < -0.39 is 5.41 Å². The molecule has 14 rings (SSSR count). The Morgan fingerprint density at radius 3 is 1.45 bits per heavy atom. The van der Waals surface area contributed by atoms with Gasteiger partial charge in [-0.2, -0.15) is 0 Å². The molecule has 0 saturated heterocycles. The lowest BCUT2D eigenvalue weighted by molar-refractivity contribution is 0.768. The molecule has 0 aliphatic heterocycles. The average molecular weight is 914 g/mol. The molecule has 13 aromatic rings. The summed E-state index contributed by atoms with van der Waals surface area (Å²) in [5, 5.41) is 5.06. The van der Waals surface area contributed by atoms with Crippen molar-refractivity contribution in [3.05, 3.63) is 259 Å². The summed E-state index contributed by atoms with van der Waals surface area (Å²) in [6.07, 6.45) is 0. The predicted molar refractivity (Wildman–Crippen MR) is 290 cm³/mol. The number of nitrogens with zero attached hydrogens (tertiary/aromatic N) is 3. The monoisotopic (exact) mass is 913 g/mol. The van der Waals surface area contributed by atoms with Crippen molar-refractivity contribution >= 4 is 63.0 Å². The van der Waals surface area contributed by atoms with E-state index in [4.69, 9.17) is 15.0 Å². The van der Waals surface area contributed by atoms with Gasteiger partial charge in [-0.25, -0.2) is 15.0 Å². The predicted octanol–water partition coefficient (Wildman–Crippen LogP) is 17.3. The van der Waals surface area contributed by atoms with Crippen LogP contribution in [0.2, 0.25) is 0 Å². The summed E-state index contributed by atoms with van der Waals surface area (Å²) >= 11 is 3.66. The van der Waals surface area contributed by atoms with Crippen molar-refractivity contribution in [2.45, 2.75) is 5.41 Å². The highest BCUT2D eigenvalue weighted by Crippen LogP contribution is 2.58. The lowest BCUT2D eigenvalue weighted by atomic mass is 9.67. The minimum absolute atomic E-state index is 0.555. The van der Waals surface area contributed by atoms with Gasteiger partial charge in [-0.15, -0.1) is 22.7 Å². The Hall–Kier alpha value is -8.35. The molecule has 0 fully saturated rings. The van der Waals surface area contributed by atoms with E-state index in [0.717, 1.165) is 38.1 Å². The molecule has 1 aliphatic carbocycles. The molecule has 0 spiro atoms. The van der Waals surface area contributed by atoms with Crippen molar-refractivity contribution in [2.75, 3.05) is 0 Å². The van der Waals surface area contributed by atoms with Gasteiger partial charge in [0.25, 0.3) is 0 Å². The van der Waals surface area contributed by atoms with E-state index in [1.54, 1.807) is 11.3 Å². The molecule has 0 radical (unpaired) electrons. The lowest BCUT2D eigenvalue weighted by Gasteiger charge is -2.33. The molecule has 3 aromatic heterocycles. The molecule has 10 aromatic carbocycles. The van der Waals surface area contributed by atoms with Crippen molar-refractivity contribution in [3.63, 3.8) is 0 Å². The molecule has 0 amide bonds. The maximum Gasteiger partial charge on any atom is 0.165 e. The van der Waals surface area contributed by atoms with Gasteiger partial charge in [0.15, 0.2) is 17.5 Å². The van der Waals surface area contributed by atoms with Gasteiger partial charge in [0, 0.05) is 57.0 Å². The van der Waals surface area contributed by atoms with Gasteiger partial charge in [-0.05, 0) is 79.9 Å². The number of hydrogen-bond acceptors (Lipinski definition) is 5. The normalized spacial score (nSPS) is 12.8. The Morgan fingerprint density at radius 2 is 0.754 bits per heavy atom. The molecule has 0 saturated carbocycles. The first-order chi connectivity index (χ1) is 34.2. The summed E-state index contributed by atoms with van der Waals surface area (Å²) in [5.41, 5.74) is 14.2. The van der Waals surface area contributed by atoms with E-state index in [1.807, 2.05) is 11.3 Å². The fourth-order valence-corrected chi connectivity index (χ4v) is 13.5. The van der Waals surface area contributed by atoms with Gasteiger partial charge in [-0.3, -0.25) is 0 Å². The largest absolute Gasteiger partial charge is 0.208 e. The van der Waals surface area contributed by atoms with E-state index in [1.165, 1.54) is 74.6 Å². The Balaban J connectivity index is 0.952. The fraction of sp³-hybridized carbons (Fsp3) is 0.0156. The summed E-state index contributed by atoms with van der Waals surface area (Å²) < 4.78 is 5.04. The van der Waals surface area contributed by atoms with Crippen LogP contribution in [0, 0.1) is 0 Å². The molecular formula is C64H39N3S2. The van der Waals surface area contributed by atoms with Gasteiger partial charge in [0.2, 0.25) is 0 Å². The number of benzene rings is 10. The quantitative estimate of drug-likeness (QED) is 0.160. The van der Waals surface area contributed by atoms with Gasteiger partial charge in [-0.1, -0.05) is 212 Å². The molecule has 5 heteroatoms. The third kappa shape index (κ3) is 6.21. The Bertz CT molecular complexity index is 4090. The van der Waals surface area contributed by atoms with Gasteiger partial charge in [0.1, 0.15) is 0 Å². The van der Waals surface area contributed by atoms with Gasteiger partial charge >= 0.3 is 0 Å². The van der Waals surface area contributed by atoms with Crippen LogP contribution in [0.25, 0.3) is 108 Å². The lowest BCUT2D eigenvalue weighted by Crippen LogP contribution is -2.28. The topological polar surface area (TPSA) is 38.7 Å². The number of aromatic nitrogens is 3. The molecule has 0 bridgehead atoms. The van der Waals surface area contributed by atoms with Crippen LogP contribution in [-0.2, 0) is 5.41 Å². The second kappa shape index (κ2) is 15.9. The second-order valence-corrected chi connectivity index (χ2v) is 19.9. The highest BCUT2D eigenvalue weighted by atomic mass is 32.1. The van der Waals surface area contributed by atoms with E-state index in [0.29, 0.717) is 17.5 Å². The van der Waals surface area contributed by atoms with Crippen LogP contribution in [0.5, 0.6) is 0 Å². The van der Waals surface area contributed by atoms with E-state index in [-0.39, 0.29) is 0 Å². The van der Waals surface area contributed by atoms with Gasteiger partial charge < -0.3 is 0 Å². The molecule has 0 atom stereocenters. The molecule has 3 nitrogen and oxygen atoms in total. The van der Waals surface area contributed by atoms with E-state index >= 15 is 0 Å². The van der Waals surface area contributed by atoms with Crippen molar-refractivity contribution in [1.29, 1.82) is 0 Å².